The highest BCUT2D eigenvalue weighted by Crippen LogP contribution is 2.62. The molecule has 7 aromatic carbocycles. The number of rotatable bonds is 3. The lowest BCUT2D eigenvalue weighted by atomic mass is 9.66. The molecule has 9 aromatic rings. The topological polar surface area (TPSA) is 61.0 Å². The van der Waals surface area contributed by atoms with Gasteiger partial charge in [0, 0.05) is 39.1 Å². The van der Waals surface area contributed by atoms with Crippen molar-refractivity contribution < 1.29 is 9.15 Å². The van der Waals surface area contributed by atoms with Crippen LogP contribution in [0.25, 0.3) is 67.2 Å². The summed E-state index contributed by atoms with van der Waals surface area (Å²) in [4.78, 5) is 15.0. The van der Waals surface area contributed by atoms with Crippen LogP contribution >= 0.6 is 0 Å². The molecule has 2 aromatic heterocycles. The summed E-state index contributed by atoms with van der Waals surface area (Å²) >= 11 is 0. The van der Waals surface area contributed by atoms with Gasteiger partial charge in [0.15, 0.2) is 17.5 Å². The van der Waals surface area contributed by atoms with Gasteiger partial charge in [-0.3, -0.25) is 0 Å². The van der Waals surface area contributed by atoms with Gasteiger partial charge in [0.1, 0.15) is 22.7 Å². The zero-order valence-corrected chi connectivity index (χ0v) is 27.2. The molecule has 1 spiro atoms. The molecule has 0 bridgehead atoms. The lowest BCUT2D eigenvalue weighted by molar-refractivity contribution is 0.436. The summed E-state index contributed by atoms with van der Waals surface area (Å²) in [5.41, 5.74) is 10.8. The van der Waals surface area contributed by atoms with Crippen LogP contribution in [0.15, 0.2) is 168 Å². The maximum atomic E-state index is 6.79. The standard InChI is InChI=1S/C46H27N3O2/c1-3-14-28(15-4-1)43-47-44(29-16-5-2-6-17-29)49-45(48-43)33-21-13-20-32-34-26-38-41(27-40(34)51-42(32)33)50-39-25-12-11-24-37(39)46(38)35-22-9-7-18-30(35)31-19-8-10-23-36(31)46/h1-27H. The summed E-state index contributed by atoms with van der Waals surface area (Å²) in [6, 6.07) is 56.6. The van der Waals surface area contributed by atoms with Gasteiger partial charge < -0.3 is 9.15 Å². The van der Waals surface area contributed by atoms with Gasteiger partial charge >= 0.3 is 0 Å². The van der Waals surface area contributed by atoms with Crippen molar-refractivity contribution in [2.75, 3.05) is 0 Å². The first-order chi connectivity index (χ1) is 25.3. The van der Waals surface area contributed by atoms with Crippen molar-refractivity contribution >= 4 is 21.9 Å². The molecule has 0 N–H and O–H groups in total. The van der Waals surface area contributed by atoms with Crippen molar-refractivity contribution in [3.05, 3.63) is 186 Å². The van der Waals surface area contributed by atoms with Gasteiger partial charge in [0.25, 0.3) is 0 Å². The number of para-hydroxylation sites is 2. The number of aromatic nitrogens is 3. The smallest absolute Gasteiger partial charge is 0.167 e. The van der Waals surface area contributed by atoms with Crippen molar-refractivity contribution in [1.82, 2.24) is 15.0 Å². The van der Waals surface area contributed by atoms with Crippen LogP contribution in [0, 0.1) is 0 Å². The molecule has 1 aliphatic carbocycles. The summed E-state index contributed by atoms with van der Waals surface area (Å²) in [6.45, 7) is 0. The second-order valence-corrected chi connectivity index (χ2v) is 13.1. The van der Waals surface area contributed by atoms with Gasteiger partial charge in [-0.25, -0.2) is 15.0 Å². The first kappa shape index (κ1) is 28.0. The second-order valence-electron chi connectivity index (χ2n) is 13.1. The fraction of sp³-hybridized carbons (Fsp3) is 0.0217. The lowest BCUT2D eigenvalue weighted by Crippen LogP contribution is -2.32. The third-order valence-electron chi connectivity index (χ3n) is 10.4. The van der Waals surface area contributed by atoms with Crippen LogP contribution in [-0.2, 0) is 5.41 Å². The van der Waals surface area contributed by atoms with E-state index in [0.717, 1.165) is 61.3 Å². The monoisotopic (exact) mass is 653 g/mol. The molecule has 51 heavy (non-hydrogen) atoms. The number of benzene rings is 7. The Kier molecular flexibility index (Phi) is 5.81. The summed E-state index contributed by atoms with van der Waals surface area (Å²) in [7, 11) is 0. The predicted octanol–water partition coefficient (Wildman–Crippen LogP) is 11.2. The average Bonchev–Trinajstić information content (AvgIpc) is 3.71. The van der Waals surface area contributed by atoms with Gasteiger partial charge in [-0.05, 0) is 40.5 Å². The third kappa shape index (κ3) is 3.94. The van der Waals surface area contributed by atoms with Gasteiger partial charge in [0.05, 0.1) is 11.0 Å². The molecule has 3 heterocycles. The Hall–Kier alpha value is -6.85. The van der Waals surface area contributed by atoms with E-state index in [1.807, 2.05) is 72.8 Å². The maximum Gasteiger partial charge on any atom is 0.167 e. The Morgan fingerprint density at radius 1 is 0.392 bits per heavy atom. The predicted molar refractivity (Wildman–Crippen MR) is 201 cm³/mol. The van der Waals surface area contributed by atoms with Gasteiger partial charge in [0.2, 0.25) is 0 Å². The number of nitrogens with zero attached hydrogens (tertiary/aromatic N) is 3. The average molecular weight is 654 g/mol. The van der Waals surface area contributed by atoms with Crippen LogP contribution in [0.3, 0.4) is 0 Å². The van der Waals surface area contributed by atoms with E-state index in [9.17, 15) is 0 Å². The molecule has 0 saturated carbocycles. The van der Waals surface area contributed by atoms with E-state index in [0.29, 0.717) is 17.5 Å². The molecule has 5 nitrogen and oxygen atoms in total. The number of hydrogen-bond acceptors (Lipinski definition) is 5. The van der Waals surface area contributed by atoms with E-state index >= 15 is 0 Å². The fourth-order valence-electron chi connectivity index (χ4n) is 8.25. The zero-order chi connectivity index (χ0) is 33.5. The second kappa shape index (κ2) is 10.6. The molecule has 11 rings (SSSR count). The van der Waals surface area contributed by atoms with E-state index in [1.165, 1.54) is 22.3 Å². The first-order valence-electron chi connectivity index (χ1n) is 17.1. The molecule has 1 aliphatic heterocycles. The molecular formula is C46H27N3O2. The van der Waals surface area contributed by atoms with E-state index in [2.05, 4.69) is 91.0 Å². The van der Waals surface area contributed by atoms with Crippen LogP contribution < -0.4 is 4.74 Å². The molecule has 0 saturated heterocycles. The van der Waals surface area contributed by atoms with Gasteiger partial charge in [-0.15, -0.1) is 0 Å². The minimum atomic E-state index is -0.559. The summed E-state index contributed by atoms with van der Waals surface area (Å²) in [5, 5.41) is 2.00. The Bertz CT molecular complexity index is 2740. The highest BCUT2D eigenvalue weighted by molar-refractivity contribution is 6.10. The third-order valence-corrected chi connectivity index (χ3v) is 10.4. The SMILES string of the molecule is c1ccc(-c2nc(-c3ccccc3)nc(-c3cccc4c3oc3cc5c(cc34)C3(c4ccccc4O5)c4ccccc4-c4ccccc43)n2)cc1. The molecule has 238 valence electrons. The fourth-order valence-corrected chi connectivity index (χ4v) is 8.25. The molecule has 0 radical (unpaired) electrons. The maximum absolute atomic E-state index is 6.79. The van der Waals surface area contributed by atoms with Crippen LogP contribution in [0.1, 0.15) is 22.3 Å². The number of hydrogen-bond donors (Lipinski definition) is 0. The number of furan rings is 1. The molecular weight excluding hydrogens is 627 g/mol. The normalized spacial score (nSPS) is 13.4. The van der Waals surface area contributed by atoms with Crippen molar-refractivity contribution in [2.45, 2.75) is 5.41 Å². The Morgan fingerprint density at radius 3 is 1.61 bits per heavy atom. The highest BCUT2D eigenvalue weighted by Gasteiger charge is 2.51. The lowest BCUT2D eigenvalue weighted by Gasteiger charge is -2.39. The van der Waals surface area contributed by atoms with Crippen molar-refractivity contribution in [3.63, 3.8) is 0 Å². The molecule has 0 unspecified atom stereocenters. The largest absolute Gasteiger partial charge is 0.457 e. The Morgan fingerprint density at radius 2 is 0.941 bits per heavy atom. The number of ether oxygens (including phenoxy) is 1. The Labute approximate surface area is 293 Å². The van der Waals surface area contributed by atoms with Crippen molar-refractivity contribution in [2.24, 2.45) is 0 Å². The molecule has 2 aliphatic rings. The molecule has 0 amide bonds. The van der Waals surface area contributed by atoms with Gasteiger partial charge in [-0.2, -0.15) is 0 Å². The van der Waals surface area contributed by atoms with Crippen LogP contribution in [0.4, 0.5) is 0 Å². The van der Waals surface area contributed by atoms with Crippen LogP contribution in [-0.4, -0.2) is 15.0 Å². The van der Waals surface area contributed by atoms with Crippen molar-refractivity contribution in [3.8, 4) is 56.8 Å². The molecule has 5 heteroatoms. The Balaban J connectivity index is 1.18. The van der Waals surface area contributed by atoms with E-state index < -0.39 is 5.41 Å². The minimum absolute atomic E-state index is 0.552. The van der Waals surface area contributed by atoms with E-state index in [1.54, 1.807) is 0 Å². The van der Waals surface area contributed by atoms with Crippen molar-refractivity contribution in [1.29, 1.82) is 0 Å². The first-order valence-corrected chi connectivity index (χ1v) is 17.1. The summed E-state index contributed by atoms with van der Waals surface area (Å²) in [6.07, 6.45) is 0. The van der Waals surface area contributed by atoms with Gasteiger partial charge in [-0.1, -0.05) is 140 Å². The summed E-state index contributed by atoms with van der Waals surface area (Å²) < 4.78 is 13.5. The number of fused-ring (bicyclic) bond motifs is 12. The summed E-state index contributed by atoms with van der Waals surface area (Å²) in [5.74, 6) is 3.39. The zero-order valence-electron chi connectivity index (χ0n) is 27.2. The van der Waals surface area contributed by atoms with E-state index in [-0.39, 0.29) is 0 Å². The van der Waals surface area contributed by atoms with Crippen LogP contribution in [0.2, 0.25) is 0 Å². The molecule has 0 atom stereocenters. The highest BCUT2D eigenvalue weighted by atomic mass is 16.5. The minimum Gasteiger partial charge on any atom is -0.457 e. The van der Waals surface area contributed by atoms with E-state index in [4.69, 9.17) is 24.1 Å². The van der Waals surface area contributed by atoms with Crippen LogP contribution in [0.5, 0.6) is 11.5 Å². The molecule has 0 fully saturated rings. The quantitative estimate of drug-likeness (QED) is 0.190.